The van der Waals surface area contributed by atoms with Crippen molar-refractivity contribution in [1.82, 2.24) is 0 Å². The van der Waals surface area contributed by atoms with Gasteiger partial charge < -0.3 is 20.1 Å². The number of carbonyl (C=O) groups excluding carboxylic acids is 3. The first kappa shape index (κ1) is 17.5. The molecular formula is C19H18N2O5. The number of carbonyl (C=O) groups is 3. The summed E-state index contributed by atoms with van der Waals surface area (Å²) in [5.41, 5.74) is 1.42. The number of hydrogen-bond acceptors (Lipinski definition) is 5. The molecular weight excluding hydrogens is 336 g/mol. The number of Topliss-reactive ketones (excluding diaryl/α,β-unsaturated/α-hetero) is 1. The van der Waals surface area contributed by atoms with E-state index in [1.165, 1.54) is 17.0 Å². The zero-order valence-electron chi connectivity index (χ0n) is 14.2. The van der Waals surface area contributed by atoms with Crippen molar-refractivity contribution in [2.24, 2.45) is 0 Å². The molecule has 0 saturated carbocycles. The number of ether oxygens (including phenoxy) is 1. The molecule has 0 aliphatic carbocycles. The number of nitrogens with zero attached hydrogens (tertiary/aromatic N) is 1. The molecule has 7 nitrogen and oxygen atoms in total. The van der Waals surface area contributed by atoms with E-state index in [1.807, 2.05) is 0 Å². The summed E-state index contributed by atoms with van der Waals surface area (Å²) >= 11 is 0. The van der Waals surface area contributed by atoms with Crippen LogP contribution in [0.25, 0.3) is 0 Å². The molecule has 2 N–H and O–H groups in total. The van der Waals surface area contributed by atoms with E-state index >= 15 is 0 Å². The van der Waals surface area contributed by atoms with E-state index < -0.39 is 0 Å². The average Bonchev–Trinajstić information content (AvgIpc) is 2.62. The van der Waals surface area contributed by atoms with Crippen molar-refractivity contribution >= 4 is 29.0 Å². The van der Waals surface area contributed by atoms with Gasteiger partial charge in [-0.2, -0.15) is 0 Å². The van der Waals surface area contributed by atoms with Crippen LogP contribution in [0.15, 0.2) is 42.5 Å². The van der Waals surface area contributed by atoms with Crippen LogP contribution < -0.4 is 15.0 Å². The quantitative estimate of drug-likeness (QED) is 0.804. The fraction of sp³-hybridized carbons (Fsp3) is 0.211. The molecule has 1 aliphatic rings. The molecule has 1 heterocycles. The second kappa shape index (κ2) is 7.26. The zero-order chi connectivity index (χ0) is 18.7. The topological polar surface area (TPSA) is 95.9 Å². The SMILES string of the molecule is CN1C(=O)COc2ccc(C(=O)CCC(=O)Nc3cccc(O)c3)cc21. The van der Waals surface area contributed by atoms with Gasteiger partial charge in [0, 0.05) is 37.2 Å². The van der Waals surface area contributed by atoms with Crippen LogP contribution >= 0.6 is 0 Å². The zero-order valence-corrected chi connectivity index (χ0v) is 14.2. The molecule has 134 valence electrons. The van der Waals surface area contributed by atoms with Crippen molar-refractivity contribution in [3.63, 3.8) is 0 Å². The highest BCUT2D eigenvalue weighted by molar-refractivity contribution is 6.03. The molecule has 0 unspecified atom stereocenters. The van der Waals surface area contributed by atoms with E-state index in [0.717, 1.165) is 0 Å². The van der Waals surface area contributed by atoms with Crippen LogP contribution in [0, 0.1) is 0 Å². The minimum absolute atomic E-state index is 0.0108. The fourth-order valence-electron chi connectivity index (χ4n) is 2.62. The molecule has 0 saturated heterocycles. The number of phenolic OH excluding ortho intramolecular Hbond substituents is 1. The summed E-state index contributed by atoms with van der Waals surface area (Å²) in [6.07, 6.45) is 0.0405. The smallest absolute Gasteiger partial charge is 0.264 e. The highest BCUT2D eigenvalue weighted by Crippen LogP contribution is 2.32. The Morgan fingerprint density at radius 3 is 2.77 bits per heavy atom. The van der Waals surface area contributed by atoms with Gasteiger partial charge in [-0.25, -0.2) is 0 Å². The van der Waals surface area contributed by atoms with Crippen LogP contribution in [-0.4, -0.2) is 36.4 Å². The van der Waals surface area contributed by atoms with Crippen molar-refractivity contribution < 1.29 is 24.2 Å². The normalized spacial score (nSPS) is 13.0. The minimum atomic E-state index is -0.322. The molecule has 2 aromatic carbocycles. The van der Waals surface area contributed by atoms with Gasteiger partial charge in [-0.3, -0.25) is 14.4 Å². The van der Waals surface area contributed by atoms with Crippen LogP contribution in [-0.2, 0) is 9.59 Å². The number of ketones is 1. The van der Waals surface area contributed by atoms with Crippen LogP contribution in [0.1, 0.15) is 23.2 Å². The monoisotopic (exact) mass is 354 g/mol. The molecule has 2 aromatic rings. The number of benzene rings is 2. The number of rotatable bonds is 5. The Hall–Kier alpha value is -3.35. The Labute approximate surface area is 150 Å². The molecule has 0 radical (unpaired) electrons. The van der Waals surface area contributed by atoms with Gasteiger partial charge in [-0.15, -0.1) is 0 Å². The summed E-state index contributed by atoms with van der Waals surface area (Å²) in [6, 6.07) is 11.1. The van der Waals surface area contributed by atoms with Gasteiger partial charge in [-0.1, -0.05) is 6.07 Å². The number of phenols is 1. The van der Waals surface area contributed by atoms with Crippen LogP contribution in [0.3, 0.4) is 0 Å². The summed E-state index contributed by atoms with van der Waals surface area (Å²) in [5, 5.41) is 12.0. The van der Waals surface area contributed by atoms with E-state index in [2.05, 4.69) is 5.32 Å². The molecule has 3 rings (SSSR count). The Morgan fingerprint density at radius 2 is 2.00 bits per heavy atom. The van der Waals surface area contributed by atoms with Gasteiger partial charge in [0.25, 0.3) is 5.91 Å². The molecule has 1 aliphatic heterocycles. The van der Waals surface area contributed by atoms with Gasteiger partial charge >= 0.3 is 0 Å². The molecule has 26 heavy (non-hydrogen) atoms. The lowest BCUT2D eigenvalue weighted by Gasteiger charge is -2.26. The summed E-state index contributed by atoms with van der Waals surface area (Å²) < 4.78 is 5.33. The van der Waals surface area contributed by atoms with Gasteiger partial charge in [0.1, 0.15) is 11.5 Å². The number of hydrogen-bond donors (Lipinski definition) is 2. The van der Waals surface area contributed by atoms with Crippen LogP contribution in [0.4, 0.5) is 11.4 Å². The average molecular weight is 354 g/mol. The van der Waals surface area contributed by atoms with Crippen LogP contribution in [0.2, 0.25) is 0 Å². The summed E-state index contributed by atoms with van der Waals surface area (Å²) in [7, 11) is 1.63. The lowest BCUT2D eigenvalue weighted by molar-refractivity contribution is -0.121. The van der Waals surface area contributed by atoms with E-state index in [-0.39, 0.29) is 42.8 Å². The number of fused-ring (bicyclic) bond motifs is 1. The second-order valence-corrected chi connectivity index (χ2v) is 5.95. The number of nitrogens with one attached hydrogen (secondary N) is 1. The van der Waals surface area contributed by atoms with Gasteiger partial charge in [-0.05, 0) is 30.3 Å². The van der Waals surface area contributed by atoms with Crippen molar-refractivity contribution in [2.75, 3.05) is 23.9 Å². The molecule has 7 heteroatoms. The third-order valence-electron chi connectivity index (χ3n) is 4.08. The van der Waals surface area contributed by atoms with E-state index in [0.29, 0.717) is 22.7 Å². The summed E-state index contributed by atoms with van der Waals surface area (Å²) in [5.74, 6) is -0.116. The molecule has 0 fully saturated rings. The number of likely N-dealkylation sites (N-methyl/N-ethyl adjacent to an activating group) is 1. The van der Waals surface area contributed by atoms with E-state index in [4.69, 9.17) is 4.74 Å². The maximum Gasteiger partial charge on any atom is 0.264 e. The molecule has 0 atom stereocenters. The molecule has 0 spiro atoms. The number of anilines is 2. The standard InChI is InChI=1S/C19H18N2O5/c1-21-15-9-12(5-7-17(15)26-11-19(21)25)16(23)6-8-18(24)20-13-3-2-4-14(22)10-13/h2-5,7,9-10,22H,6,8,11H2,1H3,(H,20,24). The lowest BCUT2D eigenvalue weighted by atomic mass is 10.0. The molecule has 0 aromatic heterocycles. The van der Waals surface area contributed by atoms with E-state index in [9.17, 15) is 19.5 Å². The first-order valence-electron chi connectivity index (χ1n) is 8.09. The van der Waals surface area contributed by atoms with Gasteiger partial charge in [0.15, 0.2) is 12.4 Å². The molecule has 0 bridgehead atoms. The lowest BCUT2D eigenvalue weighted by Crippen LogP contribution is -2.35. The fourth-order valence-corrected chi connectivity index (χ4v) is 2.62. The third-order valence-corrected chi connectivity index (χ3v) is 4.08. The molecule has 2 amide bonds. The van der Waals surface area contributed by atoms with Gasteiger partial charge in [0.05, 0.1) is 5.69 Å². The second-order valence-electron chi connectivity index (χ2n) is 5.95. The predicted octanol–water partition coefficient (Wildman–Crippen LogP) is 2.35. The van der Waals surface area contributed by atoms with Crippen molar-refractivity contribution in [3.05, 3.63) is 48.0 Å². The Morgan fingerprint density at radius 1 is 1.19 bits per heavy atom. The summed E-state index contributed by atoms with van der Waals surface area (Å²) in [6.45, 7) is -0.0218. The minimum Gasteiger partial charge on any atom is -0.508 e. The maximum absolute atomic E-state index is 12.4. The predicted molar refractivity (Wildman–Crippen MR) is 95.6 cm³/mol. The summed E-state index contributed by atoms with van der Waals surface area (Å²) in [4.78, 5) is 37.5. The van der Waals surface area contributed by atoms with Crippen molar-refractivity contribution in [3.8, 4) is 11.5 Å². The number of amides is 2. The Bertz CT molecular complexity index is 878. The maximum atomic E-state index is 12.4. The Kier molecular flexibility index (Phi) is 4.88. The highest BCUT2D eigenvalue weighted by Gasteiger charge is 2.23. The first-order chi connectivity index (χ1) is 12.4. The van der Waals surface area contributed by atoms with Crippen LogP contribution in [0.5, 0.6) is 11.5 Å². The number of aromatic hydroxyl groups is 1. The van der Waals surface area contributed by atoms with Gasteiger partial charge in [0.2, 0.25) is 5.91 Å². The first-order valence-corrected chi connectivity index (χ1v) is 8.09. The third kappa shape index (κ3) is 3.83. The Balaban J connectivity index is 1.62. The highest BCUT2D eigenvalue weighted by atomic mass is 16.5. The largest absolute Gasteiger partial charge is 0.508 e. The van der Waals surface area contributed by atoms with Crippen molar-refractivity contribution in [1.29, 1.82) is 0 Å². The van der Waals surface area contributed by atoms with Crippen molar-refractivity contribution in [2.45, 2.75) is 12.8 Å². The van der Waals surface area contributed by atoms with E-state index in [1.54, 1.807) is 37.4 Å².